The Bertz CT molecular complexity index is 2160. The first-order valence-corrected chi connectivity index (χ1v) is 15.2. The lowest BCUT2D eigenvalue weighted by atomic mass is 10.1. The number of carbonyl (C=O) groups is 1. The summed E-state index contributed by atoms with van der Waals surface area (Å²) in [5.74, 6) is -0.752. The zero-order valence-corrected chi connectivity index (χ0v) is 23.2. The maximum Gasteiger partial charge on any atom is 0.316 e. The lowest BCUT2D eigenvalue weighted by Gasteiger charge is -2.11. The Hall–Kier alpha value is -4.94. The van der Waals surface area contributed by atoms with Crippen LogP contribution in [0.4, 0.5) is 43.8 Å². The summed E-state index contributed by atoms with van der Waals surface area (Å²) in [7, 11) is -15.4. The van der Waals surface area contributed by atoms with Gasteiger partial charge in [0.25, 0.3) is 30.4 Å². The Morgan fingerprint density at radius 2 is 1.47 bits per heavy atom. The van der Waals surface area contributed by atoms with Crippen LogP contribution in [0.15, 0.2) is 67.4 Å². The highest BCUT2D eigenvalue weighted by atomic mass is 32.2. The van der Waals surface area contributed by atoms with Crippen LogP contribution in [-0.2, 0) is 30.4 Å². The van der Waals surface area contributed by atoms with Crippen LogP contribution in [0.2, 0.25) is 0 Å². The SMILES string of the molecule is NC(=O)Nc1cc(Nc2nc(N)nc(F)n2)ccc1N=Nc1cc2c(S(=O)(=O)O)cc(S(=O)(=O)O)cc2cc1S(=O)(=O)O. The lowest BCUT2D eigenvalue weighted by molar-refractivity contribution is 0.259. The number of aromatic nitrogens is 3. The summed E-state index contributed by atoms with van der Waals surface area (Å²) in [5, 5.41) is 11.4. The Balaban J connectivity index is 1.88. The van der Waals surface area contributed by atoms with Gasteiger partial charge in [-0.1, -0.05) is 0 Å². The summed E-state index contributed by atoms with van der Waals surface area (Å²) in [4.78, 5) is 18.8. The number of amides is 2. The highest BCUT2D eigenvalue weighted by Gasteiger charge is 2.24. The van der Waals surface area contributed by atoms with Gasteiger partial charge in [-0.05, 0) is 47.9 Å². The van der Waals surface area contributed by atoms with Crippen molar-refractivity contribution in [3.8, 4) is 0 Å². The predicted molar refractivity (Wildman–Crippen MR) is 145 cm³/mol. The molecule has 1 heterocycles. The fourth-order valence-corrected chi connectivity index (χ4v) is 5.55. The highest BCUT2D eigenvalue weighted by molar-refractivity contribution is 7.87. The standard InChI is InChI=1S/C20H16FN9O10S3/c21-17-26-18(22)28-20(27-17)24-9-1-2-12(13(5-9)25-19(23)31)29-30-14-7-11-8(4-16(14)43(38,39)40)3-10(41(32,33)34)6-15(11)42(35,36)37/h1-7H,(H3,23,25,31)(H,32,33,34)(H,35,36,37)(H,38,39,40)(H3,22,24,26,27,28). The average Bonchev–Trinajstić information content (AvgIpc) is 2.84. The van der Waals surface area contributed by atoms with E-state index in [-0.39, 0.29) is 23.0 Å². The molecular formula is C20H16FN9O10S3. The molecule has 0 aliphatic heterocycles. The van der Waals surface area contributed by atoms with Gasteiger partial charge in [0.1, 0.15) is 21.2 Å². The van der Waals surface area contributed by atoms with E-state index in [1.165, 1.54) is 18.2 Å². The molecule has 23 heteroatoms. The number of azo groups is 1. The van der Waals surface area contributed by atoms with Gasteiger partial charge in [-0.15, -0.1) is 10.2 Å². The van der Waals surface area contributed by atoms with E-state index in [1.807, 2.05) is 0 Å². The summed E-state index contributed by atoms with van der Waals surface area (Å²) in [5.41, 5.74) is 9.64. The summed E-state index contributed by atoms with van der Waals surface area (Å²) in [6, 6.07) is 5.08. The molecule has 43 heavy (non-hydrogen) atoms. The number of nitrogen functional groups attached to an aromatic ring is 1. The van der Waals surface area contributed by atoms with Gasteiger partial charge in [0.15, 0.2) is 0 Å². The number of primary amides is 1. The van der Waals surface area contributed by atoms with Crippen molar-refractivity contribution < 1.29 is 48.1 Å². The Labute approximate surface area is 240 Å². The van der Waals surface area contributed by atoms with Crippen molar-refractivity contribution >= 4 is 81.8 Å². The first kappa shape index (κ1) is 31.0. The second-order valence-corrected chi connectivity index (χ2v) is 12.4. The molecule has 0 spiro atoms. The van der Waals surface area contributed by atoms with E-state index in [1.54, 1.807) is 0 Å². The molecule has 9 N–H and O–H groups in total. The molecule has 0 fully saturated rings. The number of benzene rings is 3. The maximum absolute atomic E-state index is 13.5. The van der Waals surface area contributed by atoms with Crippen molar-refractivity contribution in [2.24, 2.45) is 16.0 Å². The van der Waals surface area contributed by atoms with Gasteiger partial charge in [0, 0.05) is 11.1 Å². The molecule has 0 radical (unpaired) electrons. The van der Waals surface area contributed by atoms with Crippen molar-refractivity contribution in [2.75, 3.05) is 16.4 Å². The van der Waals surface area contributed by atoms with E-state index in [2.05, 4.69) is 35.8 Å². The average molecular weight is 658 g/mol. The van der Waals surface area contributed by atoms with Crippen LogP contribution < -0.4 is 22.1 Å². The number of hydrogen-bond donors (Lipinski definition) is 7. The zero-order valence-electron chi connectivity index (χ0n) is 20.7. The maximum atomic E-state index is 13.5. The van der Waals surface area contributed by atoms with Crippen molar-refractivity contribution in [2.45, 2.75) is 14.7 Å². The van der Waals surface area contributed by atoms with Crippen LogP contribution in [0.25, 0.3) is 10.8 Å². The molecule has 2 amide bonds. The number of anilines is 4. The minimum atomic E-state index is -5.17. The summed E-state index contributed by atoms with van der Waals surface area (Å²) in [6.45, 7) is 0. The molecule has 0 atom stereocenters. The second kappa shape index (κ2) is 11.0. The molecule has 0 aliphatic rings. The first-order chi connectivity index (χ1) is 19.8. The van der Waals surface area contributed by atoms with Crippen molar-refractivity contribution in [1.29, 1.82) is 0 Å². The van der Waals surface area contributed by atoms with Gasteiger partial charge < -0.3 is 22.1 Å². The first-order valence-electron chi connectivity index (χ1n) is 10.9. The Morgan fingerprint density at radius 3 is 2.05 bits per heavy atom. The number of nitrogens with one attached hydrogen (secondary N) is 2. The van der Waals surface area contributed by atoms with Crippen LogP contribution in [0.5, 0.6) is 0 Å². The summed E-state index contributed by atoms with van der Waals surface area (Å²) in [6.07, 6.45) is -1.19. The van der Waals surface area contributed by atoms with Gasteiger partial charge in [0.2, 0.25) is 11.9 Å². The van der Waals surface area contributed by atoms with Crippen molar-refractivity contribution in [1.82, 2.24) is 15.0 Å². The molecule has 3 aromatic carbocycles. The van der Waals surface area contributed by atoms with Crippen molar-refractivity contribution in [3.05, 3.63) is 48.5 Å². The van der Waals surface area contributed by atoms with E-state index in [0.717, 1.165) is 6.07 Å². The number of halogens is 1. The third-order valence-corrected chi connectivity index (χ3v) is 7.83. The van der Waals surface area contributed by atoms with Crippen LogP contribution in [0, 0.1) is 6.08 Å². The molecule has 226 valence electrons. The third-order valence-electron chi connectivity index (χ3n) is 5.22. The van der Waals surface area contributed by atoms with Gasteiger partial charge >= 0.3 is 12.1 Å². The topological polar surface area (TPSA) is 320 Å². The summed E-state index contributed by atoms with van der Waals surface area (Å²) < 4.78 is 114. The fourth-order valence-electron chi connectivity index (χ4n) is 3.56. The van der Waals surface area contributed by atoms with E-state index >= 15 is 0 Å². The molecular weight excluding hydrogens is 641 g/mol. The van der Waals surface area contributed by atoms with Gasteiger partial charge in [0.05, 0.1) is 10.6 Å². The zero-order chi connectivity index (χ0) is 31.9. The minimum absolute atomic E-state index is 0.129. The number of rotatable bonds is 8. The largest absolute Gasteiger partial charge is 0.368 e. The number of nitrogens with two attached hydrogens (primary N) is 2. The normalized spacial score (nSPS) is 12.5. The van der Waals surface area contributed by atoms with Gasteiger partial charge in [-0.2, -0.15) is 44.6 Å². The summed E-state index contributed by atoms with van der Waals surface area (Å²) >= 11 is 0. The molecule has 0 saturated carbocycles. The minimum Gasteiger partial charge on any atom is -0.368 e. The van der Waals surface area contributed by atoms with Crippen LogP contribution in [0.3, 0.4) is 0 Å². The van der Waals surface area contributed by atoms with E-state index in [0.29, 0.717) is 18.2 Å². The smallest absolute Gasteiger partial charge is 0.316 e. The fraction of sp³-hybridized carbons (Fsp3) is 0. The predicted octanol–water partition coefficient (Wildman–Crippen LogP) is 2.14. The Morgan fingerprint density at radius 1 is 0.814 bits per heavy atom. The molecule has 4 aromatic rings. The van der Waals surface area contributed by atoms with Gasteiger partial charge in [-0.3, -0.25) is 13.7 Å². The monoisotopic (exact) mass is 657 g/mol. The Kier molecular flexibility index (Phi) is 7.96. The second-order valence-electron chi connectivity index (χ2n) is 8.22. The lowest BCUT2D eigenvalue weighted by Crippen LogP contribution is -2.19. The number of fused-ring (bicyclic) bond motifs is 1. The molecule has 0 saturated heterocycles. The number of hydrogen-bond acceptors (Lipinski definition) is 14. The molecule has 19 nitrogen and oxygen atoms in total. The third kappa shape index (κ3) is 7.29. The number of carbonyl (C=O) groups excluding carboxylic acids is 1. The van der Waals surface area contributed by atoms with Crippen LogP contribution in [-0.4, -0.2) is 59.9 Å². The quantitative estimate of drug-likeness (QED) is 0.105. The van der Waals surface area contributed by atoms with Crippen LogP contribution >= 0.6 is 0 Å². The number of nitrogens with zero attached hydrogens (tertiary/aromatic N) is 5. The van der Waals surface area contributed by atoms with E-state index in [4.69, 9.17) is 11.5 Å². The molecule has 0 unspecified atom stereocenters. The molecule has 0 bridgehead atoms. The molecule has 4 rings (SSSR count). The van der Waals surface area contributed by atoms with E-state index in [9.17, 15) is 48.1 Å². The highest BCUT2D eigenvalue weighted by Crippen LogP contribution is 2.37. The molecule has 1 aromatic heterocycles. The number of urea groups is 1. The van der Waals surface area contributed by atoms with Crippen LogP contribution in [0.1, 0.15) is 0 Å². The van der Waals surface area contributed by atoms with Gasteiger partial charge in [-0.25, -0.2) is 4.79 Å². The van der Waals surface area contributed by atoms with E-state index < -0.39 is 79.6 Å². The molecule has 0 aliphatic carbocycles. The van der Waals surface area contributed by atoms with Crippen molar-refractivity contribution in [3.63, 3.8) is 0 Å².